The SMILES string of the molecule is CNc1nc2c(c(C(=O)N3CCCC3)n1)CN(C(=O)C1CC(C(C)C)=NO1)CC2. The molecular weight excluding hydrogens is 372 g/mol. The van der Waals surface area contributed by atoms with E-state index in [-0.39, 0.29) is 17.7 Å². The third-order valence-electron chi connectivity index (χ3n) is 5.83. The van der Waals surface area contributed by atoms with E-state index in [2.05, 4.69) is 20.4 Å². The molecule has 9 heteroatoms. The fraction of sp³-hybridized carbons (Fsp3) is 0.650. The highest BCUT2D eigenvalue weighted by atomic mass is 16.6. The number of likely N-dealkylation sites (tertiary alicyclic amines) is 1. The summed E-state index contributed by atoms with van der Waals surface area (Å²) in [6.45, 7) is 6.45. The number of aromatic nitrogens is 2. The summed E-state index contributed by atoms with van der Waals surface area (Å²) in [4.78, 5) is 44.1. The van der Waals surface area contributed by atoms with Crippen molar-refractivity contribution in [2.24, 2.45) is 11.1 Å². The van der Waals surface area contributed by atoms with E-state index in [0.29, 0.717) is 37.6 Å². The van der Waals surface area contributed by atoms with Crippen molar-refractivity contribution in [1.29, 1.82) is 0 Å². The Hall–Kier alpha value is -2.71. The Kier molecular flexibility index (Phi) is 5.38. The largest absolute Gasteiger partial charge is 0.382 e. The maximum absolute atomic E-state index is 13.1. The Bertz CT molecular complexity index is 847. The van der Waals surface area contributed by atoms with Crippen LogP contribution in [0.4, 0.5) is 5.95 Å². The number of fused-ring (bicyclic) bond motifs is 1. The number of carbonyl (C=O) groups is 2. The summed E-state index contributed by atoms with van der Waals surface area (Å²) in [6.07, 6.45) is 2.56. The fourth-order valence-corrected chi connectivity index (χ4v) is 4.03. The Morgan fingerprint density at radius 1 is 1.14 bits per heavy atom. The molecule has 1 aromatic rings. The number of hydrogen-bond acceptors (Lipinski definition) is 7. The molecule has 1 fully saturated rings. The third-order valence-corrected chi connectivity index (χ3v) is 5.83. The van der Waals surface area contributed by atoms with E-state index in [1.807, 2.05) is 18.7 Å². The first-order valence-electron chi connectivity index (χ1n) is 10.4. The molecule has 1 unspecified atom stereocenters. The minimum absolute atomic E-state index is 0.0745. The van der Waals surface area contributed by atoms with Gasteiger partial charge in [-0.3, -0.25) is 9.59 Å². The van der Waals surface area contributed by atoms with Crippen LogP contribution in [0.25, 0.3) is 0 Å². The van der Waals surface area contributed by atoms with Crippen molar-refractivity contribution in [3.63, 3.8) is 0 Å². The van der Waals surface area contributed by atoms with Gasteiger partial charge in [-0.25, -0.2) is 9.97 Å². The van der Waals surface area contributed by atoms with Crippen LogP contribution in [0, 0.1) is 5.92 Å². The van der Waals surface area contributed by atoms with Crippen molar-refractivity contribution in [3.05, 3.63) is 17.0 Å². The second-order valence-corrected chi connectivity index (χ2v) is 8.12. The zero-order valence-electron chi connectivity index (χ0n) is 17.3. The van der Waals surface area contributed by atoms with E-state index < -0.39 is 6.10 Å². The zero-order valence-corrected chi connectivity index (χ0v) is 17.3. The molecule has 0 aromatic carbocycles. The summed E-state index contributed by atoms with van der Waals surface area (Å²) in [5.41, 5.74) is 2.91. The molecule has 4 heterocycles. The van der Waals surface area contributed by atoms with Crippen LogP contribution in [0.1, 0.15) is 54.9 Å². The molecular formula is C20H28N6O3. The average molecular weight is 400 g/mol. The van der Waals surface area contributed by atoms with Gasteiger partial charge in [-0.15, -0.1) is 0 Å². The van der Waals surface area contributed by atoms with Gasteiger partial charge in [-0.1, -0.05) is 19.0 Å². The molecule has 1 N–H and O–H groups in total. The molecule has 1 aromatic heterocycles. The van der Waals surface area contributed by atoms with Gasteiger partial charge < -0.3 is 20.0 Å². The Morgan fingerprint density at radius 2 is 1.90 bits per heavy atom. The summed E-state index contributed by atoms with van der Waals surface area (Å²) >= 11 is 0. The lowest BCUT2D eigenvalue weighted by atomic mass is 10.00. The number of nitrogens with one attached hydrogen (secondary N) is 1. The van der Waals surface area contributed by atoms with Crippen LogP contribution in [0.5, 0.6) is 0 Å². The third kappa shape index (κ3) is 3.77. The predicted molar refractivity (Wildman–Crippen MR) is 108 cm³/mol. The Balaban J connectivity index is 1.56. The van der Waals surface area contributed by atoms with Gasteiger partial charge in [0.1, 0.15) is 5.69 Å². The molecule has 1 saturated heterocycles. The molecule has 1 atom stereocenters. The van der Waals surface area contributed by atoms with Crippen LogP contribution < -0.4 is 5.32 Å². The number of amides is 2. The van der Waals surface area contributed by atoms with Crippen LogP contribution in [-0.2, 0) is 22.6 Å². The van der Waals surface area contributed by atoms with Crippen LogP contribution in [0.3, 0.4) is 0 Å². The summed E-state index contributed by atoms with van der Waals surface area (Å²) < 4.78 is 0. The van der Waals surface area contributed by atoms with E-state index in [1.54, 1.807) is 11.9 Å². The summed E-state index contributed by atoms with van der Waals surface area (Å²) in [5.74, 6) is 0.537. The van der Waals surface area contributed by atoms with Crippen LogP contribution in [-0.4, -0.2) is 70.1 Å². The smallest absolute Gasteiger partial charge is 0.273 e. The molecule has 4 rings (SSSR count). The molecule has 156 valence electrons. The molecule has 29 heavy (non-hydrogen) atoms. The van der Waals surface area contributed by atoms with Crippen molar-refractivity contribution >= 4 is 23.5 Å². The minimum atomic E-state index is -0.579. The number of carbonyl (C=O) groups excluding carboxylic acids is 2. The van der Waals surface area contributed by atoms with Gasteiger partial charge in [0.25, 0.3) is 11.8 Å². The average Bonchev–Trinajstić information content (AvgIpc) is 3.43. The van der Waals surface area contributed by atoms with E-state index >= 15 is 0 Å². The van der Waals surface area contributed by atoms with Gasteiger partial charge in [-0.2, -0.15) is 0 Å². The lowest BCUT2D eigenvalue weighted by Crippen LogP contribution is -2.43. The van der Waals surface area contributed by atoms with Crippen molar-refractivity contribution in [3.8, 4) is 0 Å². The minimum Gasteiger partial charge on any atom is -0.382 e. The van der Waals surface area contributed by atoms with Gasteiger partial charge in [0.15, 0.2) is 0 Å². The quantitative estimate of drug-likeness (QED) is 0.821. The van der Waals surface area contributed by atoms with E-state index in [1.165, 1.54) is 0 Å². The topological polar surface area (TPSA) is 100 Å². The molecule has 0 saturated carbocycles. The molecule has 0 aliphatic carbocycles. The zero-order chi connectivity index (χ0) is 20.5. The Morgan fingerprint density at radius 3 is 2.55 bits per heavy atom. The molecule has 9 nitrogen and oxygen atoms in total. The number of oxime groups is 1. The lowest BCUT2D eigenvalue weighted by molar-refractivity contribution is -0.143. The standard InChI is InChI=1S/C20H28N6O3/c1-12(2)15-10-16(29-24-15)18(27)26-9-6-14-13(11-26)17(23-20(21-3)22-14)19(28)25-7-4-5-8-25/h12,16H,4-11H2,1-3H3,(H,21,22,23). The normalized spacial score (nSPS) is 21.1. The Labute approximate surface area is 170 Å². The van der Waals surface area contributed by atoms with Gasteiger partial charge >= 0.3 is 0 Å². The number of rotatable bonds is 4. The molecule has 0 radical (unpaired) electrons. The van der Waals surface area contributed by atoms with Gasteiger partial charge in [-0.05, 0) is 18.8 Å². The van der Waals surface area contributed by atoms with Crippen LogP contribution in [0.2, 0.25) is 0 Å². The predicted octanol–water partition coefficient (Wildman–Crippen LogP) is 1.44. The monoisotopic (exact) mass is 400 g/mol. The highest BCUT2D eigenvalue weighted by molar-refractivity contribution is 5.96. The first-order valence-corrected chi connectivity index (χ1v) is 10.4. The van der Waals surface area contributed by atoms with Crippen molar-refractivity contribution in [2.75, 3.05) is 32.0 Å². The summed E-state index contributed by atoms with van der Waals surface area (Å²) in [7, 11) is 1.74. The second kappa shape index (κ2) is 7.96. The number of nitrogens with zero attached hydrogens (tertiary/aromatic N) is 5. The van der Waals surface area contributed by atoms with Gasteiger partial charge in [0.2, 0.25) is 12.1 Å². The molecule has 3 aliphatic heterocycles. The highest BCUT2D eigenvalue weighted by Crippen LogP contribution is 2.26. The van der Waals surface area contributed by atoms with Crippen molar-refractivity contribution in [1.82, 2.24) is 19.8 Å². The number of hydrogen-bond donors (Lipinski definition) is 1. The molecule has 0 bridgehead atoms. The molecule has 3 aliphatic rings. The van der Waals surface area contributed by atoms with Crippen molar-refractivity contribution in [2.45, 2.75) is 52.2 Å². The van der Waals surface area contributed by atoms with E-state index in [0.717, 1.165) is 42.9 Å². The fourth-order valence-electron chi connectivity index (χ4n) is 4.03. The maximum atomic E-state index is 13.1. The number of anilines is 1. The summed E-state index contributed by atoms with van der Waals surface area (Å²) in [5, 5.41) is 7.02. The van der Waals surface area contributed by atoms with E-state index in [4.69, 9.17) is 4.84 Å². The van der Waals surface area contributed by atoms with E-state index in [9.17, 15) is 9.59 Å². The van der Waals surface area contributed by atoms with Gasteiger partial charge in [0.05, 0.1) is 11.4 Å². The lowest BCUT2D eigenvalue weighted by Gasteiger charge is -2.31. The van der Waals surface area contributed by atoms with Gasteiger partial charge in [0, 0.05) is 51.6 Å². The molecule has 2 amide bonds. The highest BCUT2D eigenvalue weighted by Gasteiger charge is 2.36. The first-order chi connectivity index (χ1) is 14.0. The molecule has 0 spiro atoms. The summed E-state index contributed by atoms with van der Waals surface area (Å²) in [6, 6.07) is 0. The second-order valence-electron chi connectivity index (χ2n) is 8.12. The maximum Gasteiger partial charge on any atom is 0.273 e. The van der Waals surface area contributed by atoms with Crippen molar-refractivity contribution < 1.29 is 14.4 Å². The van der Waals surface area contributed by atoms with Crippen LogP contribution in [0.15, 0.2) is 5.16 Å². The van der Waals surface area contributed by atoms with Crippen LogP contribution >= 0.6 is 0 Å². The first kappa shape index (κ1) is 19.6.